The van der Waals surface area contributed by atoms with E-state index in [1.165, 1.54) is 0 Å². The van der Waals surface area contributed by atoms with Crippen molar-refractivity contribution < 1.29 is 0 Å². The summed E-state index contributed by atoms with van der Waals surface area (Å²) < 4.78 is 0. The number of rotatable bonds is 4. The van der Waals surface area contributed by atoms with E-state index < -0.39 is 0 Å². The molecule has 2 N–H and O–H groups in total. The van der Waals surface area contributed by atoms with Crippen LogP contribution in [-0.4, -0.2) is 13.0 Å². The number of nitriles is 1. The van der Waals surface area contributed by atoms with Crippen molar-refractivity contribution in [3.8, 4) is 6.07 Å². The molecule has 0 aliphatic heterocycles. The predicted octanol–water partition coefficient (Wildman–Crippen LogP) is 4.35. The molecule has 24 heavy (non-hydrogen) atoms. The second-order valence-corrected chi connectivity index (χ2v) is 5.67. The Balaban J connectivity index is 0.00000288. The summed E-state index contributed by atoms with van der Waals surface area (Å²) in [6.45, 7) is 1.16. The van der Waals surface area contributed by atoms with Crippen LogP contribution in [0.4, 0.5) is 0 Å². The van der Waals surface area contributed by atoms with Crippen molar-refractivity contribution in [1.82, 2.24) is 10.6 Å². The fraction of sp³-hybridized carbons (Fsp3) is 0.176. The maximum Gasteiger partial charge on any atom is 0.191 e. The van der Waals surface area contributed by atoms with Crippen molar-refractivity contribution >= 4 is 53.1 Å². The van der Waals surface area contributed by atoms with Crippen molar-refractivity contribution in [2.45, 2.75) is 13.1 Å². The van der Waals surface area contributed by atoms with Gasteiger partial charge in [0, 0.05) is 30.2 Å². The molecule has 0 spiro atoms. The summed E-state index contributed by atoms with van der Waals surface area (Å²) in [4.78, 5) is 4.17. The molecule has 0 aromatic heterocycles. The Hall–Kier alpha value is -1.49. The third kappa shape index (κ3) is 6.19. The van der Waals surface area contributed by atoms with E-state index in [1.807, 2.05) is 18.2 Å². The Morgan fingerprint density at radius 3 is 2.33 bits per heavy atom. The maximum atomic E-state index is 8.79. The molecule has 0 unspecified atom stereocenters. The molecule has 0 saturated heterocycles. The lowest BCUT2D eigenvalue weighted by atomic mass is 10.1. The van der Waals surface area contributed by atoms with Gasteiger partial charge in [0.15, 0.2) is 5.96 Å². The minimum atomic E-state index is 0. The number of aliphatic imine (C=N–C) groups is 1. The Morgan fingerprint density at radius 2 is 1.75 bits per heavy atom. The van der Waals surface area contributed by atoms with Crippen LogP contribution in [0.15, 0.2) is 47.5 Å². The number of hydrogen-bond donors (Lipinski definition) is 2. The molecule has 0 atom stereocenters. The zero-order valence-corrected chi connectivity index (χ0v) is 16.9. The summed E-state index contributed by atoms with van der Waals surface area (Å²) >= 11 is 12.0. The van der Waals surface area contributed by atoms with Gasteiger partial charge in [-0.3, -0.25) is 4.99 Å². The van der Waals surface area contributed by atoms with E-state index in [-0.39, 0.29) is 24.0 Å². The molecule has 2 rings (SSSR count). The van der Waals surface area contributed by atoms with Crippen molar-refractivity contribution in [2.75, 3.05) is 7.05 Å². The van der Waals surface area contributed by atoms with Crippen LogP contribution in [0.25, 0.3) is 0 Å². The van der Waals surface area contributed by atoms with E-state index >= 15 is 0 Å². The van der Waals surface area contributed by atoms with Crippen LogP contribution in [-0.2, 0) is 13.1 Å². The van der Waals surface area contributed by atoms with Crippen molar-refractivity contribution in [1.29, 1.82) is 5.26 Å². The molecule has 4 nitrogen and oxygen atoms in total. The zero-order chi connectivity index (χ0) is 16.7. The Bertz CT molecular complexity index is 739. The predicted molar refractivity (Wildman–Crippen MR) is 110 cm³/mol. The minimum Gasteiger partial charge on any atom is -0.352 e. The van der Waals surface area contributed by atoms with Gasteiger partial charge in [0.1, 0.15) is 0 Å². The van der Waals surface area contributed by atoms with E-state index in [1.54, 1.807) is 31.3 Å². The Kier molecular flexibility index (Phi) is 8.90. The number of nitrogens with zero attached hydrogens (tertiary/aromatic N) is 2. The fourth-order valence-corrected chi connectivity index (χ4v) is 2.42. The lowest BCUT2D eigenvalue weighted by Crippen LogP contribution is -2.36. The van der Waals surface area contributed by atoms with Gasteiger partial charge in [-0.05, 0) is 35.4 Å². The number of halogens is 3. The van der Waals surface area contributed by atoms with Crippen LogP contribution in [0.3, 0.4) is 0 Å². The van der Waals surface area contributed by atoms with Crippen LogP contribution in [0, 0.1) is 11.3 Å². The van der Waals surface area contributed by atoms with Crippen LogP contribution in [0.2, 0.25) is 10.0 Å². The molecule has 0 aliphatic rings. The van der Waals surface area contributed by atoms with E-state index in [0.717, 1.165) is 11.1 Å². The first-order valence-electron chi connectivity index (χ1n) is 7.00. The van der Waals surface area contributed by atoms with Crippen molar-refractivity contribution in [2.24, 2.45) is 4.99 Å². The normalized spacial score (nSPS) is 10.5. The standard InChI is InChI=1S/C17H16Cl2N4.HI/c1-21-17(22-10-13-4-2-12(9-20)3-5-13)23-11-14-6-7-15(18)8-16(14)19;/h2-8H,10-11H2,1H3,(H2,21,22,23);1H. The summed E-state index contributed by atoms with van der Waals surface area (Å²) in [5.41, 5.74) is 2.66. The number of hydrogen-bond acceptors (Lipinski definition) is 2. The molecule has 0 amide bonds. The lowest BCUT2D eigenvalue weighted by molar-refractivity contribution is 0.809. The average molecular weight is 475 g/mol. The topological polar surface area (TPSA) is 60.2 Å². The van der Waals surface area contributed by atoms with Crippen molar-refractivity contribution in [3.05, 3.63) is 69.2 Å². The molecule has 0 bridgehead atoms. The molecule has 0 saturated carbocycles. The molecule has 7 heteroatoms. The van der Waals surface area contributed by atoms with Gasteiger partial charge in [0.2, 0.25) is 0 Å². The molecular weight excluding hydrogens is 458 g/mol. The van der Waals surface area contributed by atoms with E-state index in [4.69, 9.17) is 28.5 Å². The monoisotopic (exact) mass is 474 g/mol. The summed E-state index contributed by atoms with van der Waals surface area (Å²) in [7, 11) is 1.71. The maximum absolute atomic E-state index is 8.79. The molecule has 2 aromatic carbocycles. The minimum absolute atomic E-state index is 0. The van der Waals surface area contributed by atoms with Crippen LogP contribution >= 0.6 is 47.2 Å². The molecule has 0 heterocycles. The smallest absolute Gasteiger partial charge is 0.191 e. The fourth-order valence-electron chi connectivity index (χ4n) is 1.95. The number of benzene rings is 2. The molecule has 0 radical (unpaired) electrons. The molecular formula is C17H17Cl2IN4. The van der Waals surface area contributed by atoms with Crippen LogP contribution < -0.4 is 10.6 Å². The lowest BCUT2D eigenvalue weighted by Gasteiger charge is -2.13. The highest BCUT2D eigenvalue weighted by atomic mass is 127. The summed E-state index contributed by atoms with van der Waals surface area (Å²) in [5, 5.41) is 16.4. The third-order valence-corrected chi connectivity index (χ3v) is 3.81. The molecule has 0 fully saturated rings. The van der Waals surface area contributed by atoms with Gasteiger partial charge >= 0.3 is 0 Å². The first-order chi connectivity index (χ1) is 11.1. The van der Waals surface area contributed by atoms with Gasteiger partial charge in [0.05, 0.1) is 11.6 Å². The van der Waals surface area contributed by atoms with Gasteiger partial charge < -0.3 is 10.6 Å². The van der Waals surface area contributed by atoms with E-state index in [2.05, 4.69) is 21.7 Å². The first kappa shape index (κ1) is 20.6. The quantitative estimate of drug-likeness (QED) is 0.393. The summed E-state index contributed by atoms with van der Waals surface area (Å²) in [6.07, 6.45) is 0. The highest BCUT2D eigenvalue weighted by Crippen LogP contribution is 2.20. The summed E-state index contributed by atoms with van der Waals surface area (Å²) in [5.74, 6) is 0.667. The molecule has 2 aromatic rings. The largest absolute Gasteiger partial charge is 0.352 e. The van der Waals surface area contributed by atoms with Crippen LogP contribution in [0.1, 0.15) is 16.7 Å². The highest BCUT2D eigenvalue weighted by molar-refractivity contribution is 14.0. The Labute approximate surface area is 168 Å². The van der Waals surface area contributed by atoms with Gasteiger partial charge in [-0.15, -0.1) is 24.0 Å². The van der Waals surface area contributed by atoms with Gasteiger partial charge in [-0.25, -0.2) is 0 Å². The van der Waals surface area contributed by atoms with Crippen molar-refractivity contribution in [3.63, 3.8) is 0 Å². The highest BCUT2D eigenvalue weighted by Gasteiger charge is 2.03. The number of nitrogens with one attached hydrogen (secondary N) is 2. The van der Waals surface area contributed by atoms with Gasteiger partial charge in [-0.2, -0.15) is 5.26 Å². The third-order valence-electron chi connectivity index (χ3n) is 3.23. The van der Waals surface area contributed by atoms with Gasteiger partial charge in [0.25, 0.3) is 0 Å². The summed E-state index contributed by atoms with van der Waals surface area (Å²) in [6, 6.07) is 14.9. The average Bonchev–Trinajstić information content (AvgIpc) is 2.57. The molecule has 0 aliphatic carbocycles. The van der Waals surface area contributed by atoms with E-state index in [9.17, 15) is 0 Å². The zero-order valence-electron chi connectivity index (χ0n) is 13.0. The SMILES string of the molecule is CN=C(NCc1ccc(C#N)cc1)NCc1ccc(Cl)cc1Cl.I. The second-order valence-electron chi connectivity index (χ2n) is 4.82. The molecule has 126 valence electrons. The number of guanidine groups is 1. The van der Waals surface area contributed by atoms with E-state index in [0.29, 0.717) is 34.7 Å². The van der Waals surface area contributed by atoms with Crippen LogP contribution in [0.5, 0.6) is 0 Å². The second kappa shape index (κ2) is 10.4. The Morgan fingerprint density at radius 1 is 1.08 bits per heavy atom. The first-order valence-corrected chi connectivity index (χ1v) is 7.75. The van der Waals surface area contributed by atoms with Gasteiger partial charge in [-0.1, -0.05) is 41.4 Å².